The highest BCUT2D eigenvalue weighted by Crippen LogP contribution is 2.23. The third kappa shape index (κ3) is 5.07. The van der Waals surface area contributed by atoms with Crippen LogP contribution in [0.5, 0.6) is 0 Å². The fourth-order valence-electron chi connectivity index (χ4n) is 2.92. The Kier molecular flexibility index (Phi) is 5.83. The maximum atomic E-state index is 12.2. The van der Waals surface area contributed by atoms with Gasteiger partial charge < -0.3 is 15.4 Å². The molecule has 166 valence electrons. The molecular weight excluding hydrogens is 442 g/mol. The topological polar surface area (TPSA) is 140 Å². The molecule has 0 bridgehead atoms. The number of ether oxygens (including phenoxy) is 1. The quantitative estimate of drug-likeness (QED) is 0.350. The summed E-state index contributed by atoms with van der Waals surface area (Å²) in [6.07, 6.45) is 4.66. The second kappa shape index (κ2) is 9.22. The number of nitrogens with one attached hydrogen (secondary N) is 3. The first-order chi connectivity index (χ1) is 16.1. The van der Waals surface area contributed by atoms with Crippen molar-refractivity contribution in [2.45, 2.75) is 13.0 Å². The van der Waals surface area contributed by atoms with Gasteiger partial charge in [-0.05, 0) is 31.2 Å². The molecule has 0 atom stereocenters. The van der Waals surface area contributed by atoms with E-state index in [2.05, 4.69) is 45.9 Å². The van der Waals surface area contributed by atoms with E-state index in [4.69, 9.17) is 4.74 Å². The molecule has 11 nitrogen and oxygen atoms in total. The molecule has 33 heavy (non-hydrogen) atoms. The van der Waals surface area contributed by atoms with Crippen LogP contribution in [0.15, 0.2) is 48.9 Å². The zero-order chi connectivity index (χ0) is 22.6. The molecule has 1 aliphatic heterocycles. The molecule has 0 spiro atoms. The van der Waals surface area contributed by atoms with E-state index in [1.165, 1.54) is 17.5 Å². The molecule has 0 radical (unpaired) electrons. The van der Waals surface area contributed by atoms with Gasteiger partial charge in [-0.2, -0.15) is 4.98 Å². The number of carbonyl (C=O) groups excluding carboxylic acids is 1. The van der Waals surface area contributed by atoms with E-state index in [1.807, 2.05) is 25.1 Å². The molecule has 1 fully saturated rings. The van der Waals surface area contributed by atoms with Crippen LogP contribution in [0.3, 0.4) is 0 Å². The highest BCUT2D eigenvalue weighted by atomic mass is 32.1. The molecule has 3 N–H and O–H groups in total. The van der Waals surface area contributed by atoms with Crippen LogP contribution >= 0.6 is 11.3 Å². The summed E-state index contributed by atoms with van der Waals surface area (Å²) < 4.78 is 5.35. The van der Waals surface area contributed by atoms with E-state index in [0.29, 0.717) is 52.2 Å². The molecule has 4 aromatic heterocycles. The van der Waals surface area contributed by atoms with Crippen LogP contribution in [0.1, 0.15) is 15.4 Å². The minimum atomic E-state index is -0.383. The molecule has 0 aromatic carbocycles. The van der Waals surface area contributed by atoms with E-state index in [-0.39, 0.29) is 12.1 Å². The van der Waals surface area contributed by atoms with Crippen LogP contribution in [0.4, 0.5) is 22.7 Å². The summed E-state index contributed by atoms with van der Waals surface area (Å²) in [7, 11) is 0. The molecule has 5 heterocycles. The van der Waals surface area contributed by atoms with Crippen LogP contribution in [0.25, 0.3) is 11.5 Å². The Hall–Kier alpha value is -4.03. The summed E-state index contributed by atoms with van der Waals surface area (Å²) in [4.78, 5) is 38.7. The molecule has 0 amide bonds. The first kappa shape index (κ1) is 20.8. The molecule has 0 aliphatic carbocycles. The number of esters is 1. The number of hydrogen-bond donors (Lipinski definition) is 3. The molecular formula is C21H19N9O2S. The monoisotopic (exact) mass is 461 g/mol. The molecule has 1 saturated heterocycles. The number of aromatic nitrogens is 6. The second-order valence-corrected chi connectivity index (χ2v) is 8.19. The smallest absolute Gasteiger partial charge is 0.350 e. The van der Waals surface area contributed by atoms with Gasteiger partial charge in [-0.1, -0.05) is 17.4 Å². The lowest BCUT2D eigenvalue weighted by Crippen LogP contribution is -2.49. The van der Waals surface area contributed by atoms with Gasteiger partial charge in [-0.15, -0.1) is 0 Å². The molecule has 5 rings (SSSR count). The van der Waals surface area contributed by atoms with Gasteiger partial charge >= 0.3 is 5.97 Å². The van der Waals surface area contributed by atoms with E-state index < -0.39 is 0 Å². The number of anilines is 4. The maximum Gasteiger partial charge on any atom is 0.350 e. The van der Waals surface area contributed by atoms with Crippen molar-refractivity contribution in [3.8, 4) is 11.5 Å². The molecule has 4 aromatic rings. The highest BCUT2D eigenvalue weighted by molar-refractivity contribution is 7.17. The third-order valence-corrected chi connectivity index (χ3v) is 5.52. The van der Waals surface area contributed by atoms with Crippen molar-refractivity contribution in [2.24, 2.45) is 0 Å². The molecule has 0 unspecified atom stereocenters. The van der Waals surface area contributed by atoms with Gasteiger partial charge in [-0.25, -0.2) is 29.7 Å². The second-order valence-electron chi connectivity index (χ2n) is 7.16. The van der Waals surface area contributed by atoms with E-state index in [9.17, 15) is 4.79 Å². The average molecular weight is 462 g/mol. The van der Waals surface area contributed by atoms with Gasteiger partial charge in [0.2, 0.25) is 5.95 Å². The third-order valence-electron chi connectivity index (χ3n) is 4.63. The van der Waals surface area contributed by atoms with Gasteiger partial charge in [0, 0.05) is 31.2 Å². The standard InChI is InChI=1S/C21H19N9O2S/c1-12-3-2-4-14(26-12)18-23-7-5-16(28-18)27-17-6-8-24-20(29-17)30-21-25-11-15(33-21)19(31)32-13-9-22-10-13/h2-8,11,13,22H,9-10H2,1H3,(H2,23,24,25,27,28,29,30). The lowest BCUT2D eigenvalue weighted by molar-refractivity contribution is 0.0175. The zero-order valence-electron chi connectivity index (χ0n) is 17.5. The number of aryl methyl sites for hydroxylation is 1. The Morgan fingerprint density at radius 2 is 1.85 bits per heavy atom. The van der Waals surface area contributed by atoms with Gasteiger partial charge in [0.25, 0.3) is 0 Å². The van der Waals surface area contributed by atoms with Crippen molar-refractivity contribution in [1.82, 2.24) is 35.2 Å². The summed E-state index contributed by atoms with van der Waals surface area (Å²) >= 11 is 1.18. The first-order valence-electron chi connectivity index (χ1n) is 10.1. The molecule has 0 saturated carbocycles. The normalized spacial score (nSPS) is 13.2. The van der Waals surface area contributed by atoms with Crippen LogP contribution < -0.4 is 16.0 Å². The van der Waals surface area contributed by atoms with Crippen molar-refractivity contribution in [2.75, 3.05) is 23.7 Å². The van der Waals surface area contributed by atoms with Crippen LogP contribution in [0.2, 0.25) is 0 Å². The fraction of sp³-hybridized carbons (Fsp3) is 0.190. The number of hydrogen-bond acceptors (Lipinski definition) is 12. The largest absolute Gasteiger partial charge is 0.455 e. The predicted molar refractivity (Wildman–Crippen MR) is 123 cm³/mol. The maximum absolute atomic E-state index is 12.2. The van der Waals surface area contributed by atoms with Crippen LogP contribution in [-0.4, -0.2) is 55.1 Å². The number of thiazole rings is 1. The van der Waals surface area contributed by atoms with Gasteiger partial charge in [0.05, 0.1) is 6.20 Å². The Morgan fingerprint density at radius 1 is 1.03 bits per heavy atom. The van der Waals surface area contributed by atoms with Crippen molar-refractivity contribution in [3.63, 3.8) is 0 Å². The summed E-state index contributed by atoms with van der Waals surface area (Å²) in [5, 5.41) is 9.70. The Balaban J connectivity index is 1.26. The average Bonchev–Trinajstić information content (AvgIpc) is 3.25. The Bertz CT molecular complexity index is 1290. The minimum Gasteiger partial charge on any atom is -0.455 e. The van der Waals surface area contributed by atoms with Crippen molar-refractivity contribution in [3.05, 3.63) is 59.5 Å². The van der Waals surface area contributed by atoms with Gasteiger partial charge in [0.1, 0.15) is 28.3 Å². The fourth-order valence-corrected chi connectivity index (χ4v) is 3.61. The zero-order valence-corrected chi connectivity index (χ0v) is 18.3. The summed E-state index contributed by atoms with van der Waals surface area (Å²) in [5.41, 5.74) is 1.58. The first-order valence-corrected chi connectivity index (χ1v) is 11.0. The van der Waals surface area contributed by atoms with Crippen LogP contribution in [-0.2, 0) is 4.74 Å². The number of carbonyl (C=O) groups is 1. The van der Waals surface area contributed by atoms with E-state index in [0.717, 1.165) is 5.69 Å². The van der Waals surface area contributed by atoms with Crippen molar-refractivity contribution >= 4 is 40.0 Å². The van der Waals surface area contributed by atoms with Crippen molar-refractivity contribution in [1.29, 1.82) is 0 Å². The SMILES string of the molecule is Cc1cccc(-c2nccc(Nc3ccnc(Nc4ncc(C(=O)OC5CNC5)s4)n3)n2)n1. The summed E-state index contributed by atoms with van der Waals surface area (Å²) in [6.45, 7) is 3.28. The van der Waals surface area contributed by atoms with Gasteiger partial charge in [0.15, 0.2) is 11.0 Å². The van der Waals surface area contributed by atoms with Crippen LogP contribution in [0, 0.1) is 6.92 Å². The predicted octanol–water partition coefficient (Wildman–Crippen LogP) is 2.71. The number of pyridine rings is 1. The minimum absolute atomic E-state index is 0.0777. The summed E-state index contributed by atoms with van der Waals surface area (Å²) in [6, 6.07) is 9.15. The van der Waals surface area contributed by atoms with Crippen molar-refractivity contribution < 1.29 is 9.53 Å². The van der Waals surface area contributed by atoms with Gasteiger partial charge in [-0.3, -0.25) is 5.32 Å². The Labute approximate surface area is 192 Å². The summed E-state index contributed by atoms with van der Waals surface area (Å²) in [5.74, 6) is 1.55. The number of nitrogens with zero attached hydrogens (tertiary/aromatic N) is 6. The number of rotatable bonds is 7. The Morgan fingerprint density at radius 3 is 2.64 bits per heavy atom. The molecule has 1 aliphatic rings. The lowest BCUT2D eigenvalue weighted by atomic mass is 10.2. The van der Waals surface area contributed by atoms with E-state index >= 15 is 0 Å². The molecule has 12 heteroatoms. The highest BCUT2D eigenvalue weighted by Gasteiger charge is 2.23. The van der Waals surface area contributed by atoms with E-state index in [1.54, 1.807) is 24.5 Å². The lowest BCUT2D eigenvalue weighted by Gasteiger charge is -2.26.